The van der Waals surface area contributed by atoms with Gasteiger partial charge in [0.05, 0.1) is 12.1 Å². The standard InChI is InChI=1S/C18H21N3O3S2/c1-10-11(2)26-17(15(10)16(19)23)20-14(22)9-21(18(24)12-5-6-12)8-13-4-3-7-25-13/h3-4,7,12H,5-6,8-9H2,1-2H3,(H2,19,23)(H,20,22). The van der Waals surface area contributed by atoms with E-state index in [1.807, 2.05) is 24.4 Å². The van der Waals surface area contributed by atoms with E-state index in [4.69, 9.17) is 5.73 Å². The summed E-state index contributed by atoms with van der Waals surface area (Å²) in [7, 11) is 0. The van der Waals surface area contributed by atoms with Gasteiger partial charge in [-0.2, -0.15) is 0 Å². The monoisotopic (exact) mass is 391 g/mol. The molecule has 6 nitrogen and oxygen atoms in total. The first-order chi connectivity index (χ1) is 12.4. The number of thiophene rings is 2. The fourth-order valence-corrected chi connectivity index (χ4v) is 4.54. The molecule has 0 radical (unpaired) electrons. The molecule has 0 aliphatic heterocycles. The number of nitrogens with two attached hydrogens (primary N) is 1. The molecule has 3 N–H and O–H groups in total. The first-order valence-electron chi connectivity index (χ1n) is 8.37. The van der Waals surface area contributed by atoms with Crippen LogP contribution < -0.4 is 11.1 Å². The highest BCUT2D eigenvalue weighted by atomic mass is 32.1. The number of amides is 3. The summed E-state index contributed by atoms with van der Waals surface area (Å²) >= 11 is 2.88. The maximum atomic E-state index is 12.5. The molecule has 2 aromatic heterocycles. The molecule has 26 heavy (non-hydrogen) atoms. The summed E-state index contributed by atoms with van der Waals surface area (Å²) in [5, 5.41) is 5.17. The number of aryl methyl sites for hydroxylation is 1. The second-order valence-electron chi connectivity index (χ2n) is 6.45. The molecular weight excluding hydrogens is 370 g/mol. The average molecular weight is 392 g/mol. The lowest BCUT2D eigenvalue weighted by Gasteiger charge is -2.21. The third kappa shape index (κ3) is 4.13. The molecule has 8 heteroatoms. The van der Waals surface area contributed by atoms with Crippen molar-refractivity contribution in [2.24, 2.45) is 11.7 Å². The number of nitrogens with zero attached hydrogens (tertiary/aromatic N) is 1. The van der Waals surface area contributed by atoms with Crippen LogP contribution in [-0.4, -0.2) is 29.2 Å². The van der Waals surface area contributed by atoms with Crippen molar-refractivity contribution in [3.05, 3.63) is 38.4 Å². The summed E-state index contributed by atoms with van der Waals surface area (Å²) in [5.74, 6) is -0.830. The summed E-state index contributed by atoms with van der Waals surface area (Å²) in [4.78, 5) is 40.3. The van der Waals surface area contributed by atoms with Crippen LogP contribution in [0.1, 0.15) is 38.5 Å². The Hall–Kier alpha value is -2.19. The zero-order valence-electron chi connectivity index (χ0n) is 14.7. The molecule has 3 amide bonds. The van der Waals surface area contributed by atoms with Crippen molar-refractivity contribution in [2.45, 2.75) is 33.2 Å². The summed E-state index contributed by atoms with van der Waals surface area (Å²) in [6.45, 7) is 4.07. The molecular formula is C18H21N3O3S2. The third-order valence-electron chi connectivity index (χ3n) is 4.38. The number of hydrogen-bond donors (Lipinski definition) is 2. The molecule has 0 unspecified atom stereocenters. The highest BCUT2D eigenvalue weighted by Gasteiger charge is 2.34. The Morgan fingerprint density at radius 2 is 2.04 bits per heavy atom. The van der Waals surface area contributed by atoms with E-state index < -0.39 is 5.91 Å². The topological polar surface area (TPSA) is 92.5 Å². The quantitative estimate of drug-likeness (QED) is 0.760. The highest BCUT2D eigenvalue weighted by Crippen LogP contribution is 2.33. The van der Waals surface area contributed by atoms with E-state index in [2.05, 4.69) is 5.32 Å². The van der Waals surface area contributed by atoms with E-state index in [0.717, 1.165) is 28.2 Å². The van der Waals surface area contributed by atoms with Crippen LogP contribution in [0.2, 0.25) is 0 Å². The van der Waals surface area contributed by atoms with Crippen molar-refractivity contribution < 1.29 is 14.4 Å². The number of nitrogens with one attached hydrogen (secondary N) is 1. The SMILES string of the molecule is Cc1sc(NC(=O)CN(Cc2cccs2)C(=O)C2CC2)c(C(N)=O)c1C. The van der Waals surface area contributed by atoms with Gasteiger partial charge in [-0.1, -0.05) is 6.07 Å². The van der Waals surface area contributed by atoms with E-state index in [0.29, 0.717) is 17.1 Å². The Morgan fingerprint density at radius 1 is 1.31 bits per heavy atom. The van der Waals surface area contributed by atoms with Gasteiger partial charge in [-0.15, -0.1) is 22.7 Å². The van der Waals surface area contributed by atoms with Crippen molar-refractivity contribution in [3.8, 4) is 0 Å². The van der Waals surface area contributed by atoms with E-state index in [1.165, 1.54) is 11.3 Å². The first kappa shape index (κ1) is 18.6. The van der Waals surface area contributed by atoms with Crippen LogP contribution in [0.15, 0.2) is 17.5 Å². The predicted octanol–water partition coefficient (Wildman–Crippen LogP) is 2.90. The third-order valence-corrected chi connectivity index (χ3v) is 6.37. The predicted molar refractivity (Wildman–Crippen MR) is 103 cm³/mol. The molecule has 138 valence electrons. The lowest BCUT2D eigenvalue weighted by atomic mass is 10.1. The van der Waals surface area contributed by atoms with Crippen LogP contribution in [0.4, 0.5) is 5.00 Å². The second-order valence-corrected chi connectivity index (χ2v) is 8.70. The summed E-state index contributed by atoms with van der Waals surface area (Å²) < 4.78 is 0. The van der Waals surface area contributed by atoms with E-state index in [-0.39, 0.29) is 24.3 Å². The second kappa shape index (κ2) is 7.59. The Morgan fingerprint density at radius 3 is 2.62 bits per heavy atom. The van der Waals surface area contributed by atoms with Crippen LogP contribution in [0.25, 0.3) is 0 Å². The molecule has 0 spiro atoms. The van der Waals surface area contributed by atoms with Gasteiger partial charge in [0, 0.05) is 15.7 Å². The van der Waals surface area contributed by atoms with Crippen LogP contribution in [0.5, 0.6) is 0 Å². The number of carbonyl (C=O) groups excluding carboxylic acids is 3. The number of hydrogen-bond acceptors (Lipinski definition) is 5. The van der Waals surface area contributed by atoms with Crippen molar-refractivity contribution >= 4 is 45.4 Å². The summed E-state index contributed by atoms with van der Waals surface area (Å²) in [5.41, 5.74) is 6.57. The molecule has 2 heterocycles. The Bertz CT molecular complexity index is 838. The summed E-state index contributed by atoms with van der Waals surface area (Å²) in [6.07, 6.45) is 1.77. The van der Waals surface area contributed by atoms with Gasteiger partial charge in [0.2, 0.25) is 11.8 Å². The number of anilines is 1. The van der Waals surface area contributed by atoms with Gasteiger partial charge >= 0.3 is 0 Å². The smallest absolute Gasteiger partial charge is 0.251 e. The van der Waals surface area contributed by atoms with Gasteiger partial charge in [-0.05, 0) is 43.7 Å². The molecule has 0 aromatic carbocycles. The number of primary amides is 1. The van der Waals surface area contributed by atoms with E-state index >= 15 is 0 Å². The zero-order chi connectivity index (χ0) is 18.8. The minimum atomic E-state index is -0.563. The Kier molecular flexibility index (Phi) is 5.43. The van der Waals surface area contributed by atoms with Crippen molar-refractivity contribution in [3.63, 3.8) is 0 Å². The maximum absolute atomic E-state index is 12.5. The number of rotatable bonds is 7. The Balaban J connectivity index is 1.72. The first-order valence-corrected chi connectivity index (χ1v) is 10.1. The molecule has 0 atom stereocenters. The fraction of sp³-hybridized carbons (Fsp3) is 0.389. The van der Waals surface area contributed by atoms with Gasteiger partial charge < -0.3 is 16.0 Å². The minimum Gasteiger partial charge on any atom is -0.365 e. The van der Waals surface area contributed by atoms with Crippen molar-refractivity contribution in [1.29, 1.82) is 0 Å². The molecule has 1 aliphatic rings. The molecule has 2 aromatic rings. The van der Waals surface area contributed by atoms with E-state index in [1.54, 1.807) is 23.2 Å². The van der Waals surface area contributed by atoms with Crippen LogP contribution >= 0.6 is 22.7 Å². The average Bonchev–Trinajstić information content (AvgIpc) is 3.22. The van der Waals surface area contributed by atoms with Crippen molar-refractivity contribution in [2.75, 3.05) is 11.9 Å². The molecule has 3 rings (SSSR count). The van der Waals surface area contributed by atoms with Gasteiger partial charge in [-0.3, -0.25) is 14.4 Å². The Labute approximate surface area is 160 Å². The number of carbonyl (C=O) groups is 3. The van der Waals surface area contributed by atoms with Crippen molar-refractivity contribution in [1.82, 2.24) is 4.90 Å². The van der Waals surface area contributed by atoms with E-state index in [9.17, 15) is 14.4 Å². The van der Waals surface area contributed by atoms with Crippen LogP contribution in [-0.2, 0) is 16.1 Å². The zero-order valence-corrected chi connectivity index (χ0v) is 16.3. The van der Waals surface area contributed by atoms with Gasteiger partial charge in [0.1, 0.15) is 11.5 Å². The maximum Gasteiger partial charge on any atom is 0.251 e. The lowest BCUT2D eigenvalue weighted by molar-refractivity contribution is -0.136. The minimum absolute atomic E-state index is 0.0159. The molecule has 0 saturated heterocycles. The molecule has 1 aliphatic carbocycles. The largest absolute Gasteiger partial charge is 0.365 e. The molecule has 1 saturated carbocycles. The highest BCUT2D eigenvalue weighted by molar-refractivity contribution is 7.16. The molecule has 1 fully saturated rings. The van der Waals surface area contributed by atoms with Crippen LogP contribution in [0, 0.1) is 19.8 Å². The molecule has 0 bridgehead atoms. The van der Waals surface area contributed by atoms with Gasteiger partial charge in [-0.25, -0.2) is 0 Å². The van der Waals surface area contributed by atoms with Gasteiger partial charge in [0.15, 0.2) is 0 Å². The lowest BCUT2D eigenvalue weighted by Crippen LogP contribution is -2.38. The normalized spacial score (nSPS) is 13.5. The fourth-order valence-electron chi connectivity index (χ4n) is 2.74. The summed E-state index contributed by atoms with van der Waals surface area (Å²) in [6, 6.07) is 3.88. The van der Waals surface area contributed by atoms with Gasteiger partial charge in [0.25, 0.3) is 5.91 Å². The van der Waals surface area contributed by atoms with Crippen LogP contribution in [0.3, 0.4) is 0 Å².